The zero-order valence-corrected chi connectivity index (χ0v) is 12.3. The molecule has 0 N–H and O–H groups in total. The second-order valence-electron chi connectivity index (χ2n) is 6.12. The van der Waals surface area contributed by atoms with Gasteiger partial charge in [-0.25, -0.2) is 4.90 Å². The third-order valence-electron chi connectivity index (χ3n) is 5.09. The van der Waals surface area contributed by atoms with Crippen LogP contribution in [-0.2, 0) is 9.59 Å². The summed E-state index contributed by atoms with van der Waals surface area (Å²) >= 11 is 0. The fraction of sp³-hybridized carbons (Fsp3) is 0.375. The third-order valence-corrected chi connectivity index (χ3v) is 5.09. The number of rotatable bonds is 3. The molecular weight excluding hydrogens is 300 g/mol. The lowest BCUT2D eigenvalue weighted by Gasteiger charge is -2.17. The van der Waals surface area contributed by atoms with Crippen molar-refractivity contribution in [2.75, 3.05) is 12.0 Å². The average Bonchev–Trinajstić information content (AvgIpc) is 3.21. The van der Waals surface area contributed by atoms with Crippen molar-refractivity contribution in [2.24, 2.45) is 23.7 Å². The standard InChI is InChI=1S/C16H14N2O5/c1-23-10-4-5-11(12(7-10)18(21)22)17-15(19)13-8-2-3-9(6-8)14(13)16(17)20/h2-5,7-9,13-14H,6H2,1H3/t8-,9+,13-,14-/m0/s1. The maximum atomic E-state index is 12.7. The van der Waals surface area contributed by atoms with E-state index in [1.807, 2.05) is 12.2 Å². The first-order chi connectivity index (χ1) is 11.0. The smallest absolute Gasteiger partial charge is 0.297 e. The number of methoxy groups -OCH3 is 1. The molecule has 7 nitrogen and oxygen atoms in total. The van der Waals surface area contributed by atoms with Gasteiger partial charge in [0, 0.05) is 0 Å². The highest BCUT2D eigenvalue weighted by Crippen LogP contribution is 2.54. The summed E-state index contributed by atoms with van der Waals surface area (Å²) in [4.78, 5) is 37.2. The molecular formula is C16H14N2O5. The summed E-state index contributed by atoms with van der Waals surface area (Å²) in [6.45, 7) is 0. The highest BCUT2D eigenvalue weighted by atomic mass is 16.6. The molecule has 1 aromatic rings. The number of hydrogen-bond acceptors (Lipinski definition) is 5. The Morgan fingerprint density at radius 3 is 2.30 bits per heavy atom. The predicted octanol–water partition coefficient (Wildman–Crippen LogP) is 1.91. The first-order valence-corrected chi connectivity index (χ1v) is 7.41. The molecule has 0 radical (unpaired) electrons. The van der Waals surface area contributed by atoms with Crippen molar-refractivity contribution < 1.29 is 19.2 Å². The Morgan fingerprint density at radius 1 is 1.17 bits per heavy atom. The molecule has 2 fully saturated rings. The number of nitro groups is 1. The van der Waals surface area contributed by atoms with Gasteiger partial charge >= 0.3 is 0 Å². The number of nitrogens with zero attached hydrogens (tertiary/aromatic N) is 2. The van der Waals surface area contributed by atoms with E-state index in [0.29, 0.717) is 5.75 Å². The van der Waals surface area contributed by atoms with Gasteiger partial charge in [0.2, 0.25) is 11.8 Å². The first kappa shape index (κ1) is 13.9. The van der Waals surface area contributed by atoms with E-state index in [9.17, 15) is 19.7 Å². The maximum Gasteiger partial charge on any atom is 0.297 e. The summed E-state index contributed by atoms with van der Waals surface area (Å²) in [5.41, 5.74) is -0.272. The van der Waals surface area contributed by atoms with Gasteiger partial charge in [-0.2, -0.15) is 0 Å². The molecule has 1 saturated carbocycles. The number of amides is 2. The highest BCUT2D eigenvalue weighted by Gasteiger charge is 2.60. The van der Waals surface area contributed by atoms with Crippen molar-refractivity contribution in [3.63, 3.8) is 0 Å². The number of fused-ring (bicyclic) bond motifs is 5. The van der Waals surface area contributed by atoms with Crippen LogP contribution in [0.1, 0.15) is 6.42 Å². The number of nitro benzene ring substituents is 1. The number of carbonyl (C=O) groups excluding carboxylic acids is 2. The van der Waals surface area contributed by atoms with Crippen LogP contribution in [0.5, 0.6) is 5.75 Å². The largest absolute Gasteiger partial charge is 0.496 e. The molecule has 118 valence electrons. The van der Waals surface area contributed by atoms with Crippen LogP contribution in [0.4, 0.5) is 11.4 Å². The van der Waals surface area contributed by atoms with Gasteiger partial charge in [0.25, 0.3) is 5.69 Å². The molecule has 2 amide bonds. The highest BCUT2D eigenvalue weighted by molar-refractivity contribution is 6.23. The number of imide groups is 1. The second kappa shape index (κ2) is 4.65. The van der Waals surface area contributed by atoms with E-state index in [1.165, 1.54) is 25.3 Å². The van der Waals surface area contributed by atoms with Crippen LogP contribution in [0.3, 0.4) is 0 Å². The van der Waals surface area contributed by atoms with Crippen molar-refractivity contribution >= 4 is 23.2 Å². The zero-order chi connectivity index (χ0) is 16.3. The Balaban J connectivity index is 1.79. The summed E-state index contributed by atoms with van der Waals surface area (Å²) in [6, 6.07) is 4.16. The lowest BCUT2D eigenvalue weighted by Crippen LogP contribution is -2.33. The van der Waals surface area contributed by atoms with E-state index in [-0.39, 0.29) is 46.9 Å². The van der Waals surface area contributed by atoms with Gasteiger partial charge in [0.15, 0.2) is 0 Å². The summed E-state index contributed by atoms with van der Waals surface area (Å²) < 4.78 is 4.99. The minimum absolute atomic E-state index is 0.0274. The Morgan fingerprint density at radius 2 is 1.78 bits per heavy atom. The van der Waals surface area contributed by atoms with Crippen LogP contribution in [-0.4, -0.2) is 23.8 Å². The summed E-state index contributed by atoms with van der Waals surface area (Å²) in [6.07, 6.45) is 4.80. The molecule has 1 aliphatic heterocycles. The van der Waals surface area contributed by atoms with Crippen LogP contribution in [0.25, 0.3) is 0 Å². The fourth-order valence-electron chi connectivity index (χ4n) is 4.11. The Bertz CT molecular complexity index is 742. The van der Waals surface area contributed by atoms with Gasteiger partial charge in [0.05, 0.1) is 29.9 Å². The molecule has 3 aliphatic rings. The second-order valence-corrected chi connectivity index (χ2v) is 6.12. The Labute approximate surface area is 131 Å². The number of hydrogen-bond donors (Lipinski definition) is 0. The van der Waals surface area contributed by atoms with Gasteiger partial charge in [-0.3, -0.25) is 19.7 Å². The number of ether oxygens (including phenoxy) is 1. The van der Waals surface area contributed by atoms with Crippen LogP contribution in [0, 0.1) is 33.8 Å². The molecule has 2 aliphatic carbocycles. The quantitative estimate of drug-likeness (QED) is 0.368. The van der Waals surface area contributed by atoms with E-state index in [0.717, 1.165) is 11.3 Å². The minimum atomic E-state index is -0.598. The van der Waals surface area contributed by atoms with Gasteiger partial charge in [-0.1, -0.05) is 12.2 Å². The molecule has 0 unspecified atom stereocenters. The van der Waals surface area contributed by atoms with Crippen LogP contribution in [0.15, 0.2) is 30.4 Å². The van der Waals surface area contributed by atoms with Gasteiger partial charge in [-0.15, -0.1) is 0 Å². The van der Waals surface area contributed by atoms with Crippen molar-refractivity contribution in [2.45, 2.75) is 6.42 Å². The SMILES string of the molecule is COc1ccc(N2C(=O)[C@@H]3[C@@H](C2=O)[C@H]2C=C[C@@H]3C2)c([N+](=O)[O-])c1. The molecule has 23 heavy (non-hydrogen) atoms. The monoisotopic (exact) mass is 314 g/mol. The van der Waals surface area contributed by atoms with Gasteiger partial charge < -0.3 is 4.74 Å². The summed E-state index contributed by atoms with van der Waals surface area (Å²) in [7, 11) is 1.40. The average molecular weight is 314 g/mol. The van der Waals surface area contributed by atoms with E-state index in [1.54, 1.807) is 0 Å². The normalized spacial score (nSPS) is 30.9. The van der Waals surface area contributed by atoms with E-state index in [4.69, 9.17) is 4.74 Å². The molecule has 1 saturated heterocycles. The molecule has 7 heteroatoms. The summed E-state index contributed by atoms with van der Waals surface area (Å²) in [5.74, 6) is -0.956. The zero-order valence-electron chi connectivity index (χ0n) is 12.3. The van der Waals surface area contributed by atoms with E-state index < -0.39 is 4.92 Å². The van der Waals surface area contributed by atoms with Crippen molar-refractivity contribution in [1.82, 2.24) is 0 Å². The maximum absolute atomic E-state index is 12.7. The fourth-order valence-corrected chi connectivity index (χ4v) is 4.11. The lowest BCUT2D eigenvalue weighted by atomic mass is 9.85. The number of allylic oxidation sites excluding steroid dienone is 2. The number of anilines is 1. The number of benzene rings is 1. The van der Waals surface area contributed by atoms with Crippen molar-refractivity contribution in [3.8, 4) is 5.75 Å². The van der Waals surface area contributed by atoms with Gasteiger partial charge in [-0.05, 0) is 30.4 Å². The van der Waals surface area contributed by atoms with E-state index in [2.05, 4.69) is 0 Å². The third kappa shape index (κ3) is 1.76. The molecule has 0 aromatic heterocycles. The molecule has 0 spiro atoms. The Hall–Kier alpha value is -2.70. The molecule has 1 heterocycles. The summed E-state index contributed by atoms with van der Waals surface area (Å²) in [5, 5.41) is 11.3. The predicted molar refractivity (Wildman–Crippen MR) is 79.9 cm³/mol. The molecule has 4 rings (SSSR count). The molecule has 2 bridgehead atoms. The van der Waals surface area contributed by atoms with Gasteiger partial charge in [0.1, 0.15) is 11.4 Å². The topological polar surface area (TPSA) is 89.8 Å². The van der Waals surface area contributed by atoms with Crippen LogP contribution < -0.4 is 9.64 Å². The van der Waals surface area contributed by atoms with Crippen LogP contribution in [0.2, 0.25) is 0 Å². The Kier molecular flexibility index (Phi) is 2.81. The number of carbonyl (C=O) groups is 2. The lowest BCUT2D eigenvalue weighted by molar-refractivity contribution is -0.384. The van der Waals surface area contributed by atoms with Crippen molar-refractivity contribution in [3.05, 3.63) is 40.5 Å². The van der Waals surface area contributed by atoms with E-state index >= 15 is 0 Å². The van der Waals surface area contributed by atoms with Crippen LogP contribution >= 0.6 is 0 Å². The van der Waals surface area contributed by atoms with Crippen molar-refractivity contribution in [1.29, 1.82) is 0 Å². The minimum Gasteiger partial charge on any atom is -0.496 e. The molecule has 1 aromatic carbocycles. The first-order valence-electron chi connectivity index (χ1n) is 7.41. The molecule has 4 atom stereocenters.